The van der Waals surface area contributed by atoms with Gasteiger partial charge in [0.05, 0.1) is 6.54 Å². The molecule has 2 nitrogen and oxygen atoms in total. The van der Waals surface area contributed by atoms with Crippen molar-refractivity contribution < 1.29 is 22.3 Å². The molecule has 0 aliphatic carbocycles. The first-order chi connectivity index (χ1) is 8.95. The summed E-state index contributed by atoms with van der Waals surface area (Å²) in [6, 6.07) is 6.69. The molecular formula is C13H15F4NO. The molecule has 0 spiro atoms. The molecule has 6 heteroatoms. The Bertz CT molecular complexity index is 392. The summed E-state index contributed by atoms with van der Waals surface area (Å²) < 4.78 is 54.3. The minimum absolute atomic E-state index is 0.0873. The third-order valence-corrected chi connectivity index (χ3v) is 2.30. The van der Waals surface area contributed by atoms with Crippen molar-refractivity contribution in [3.63, 3.8) is 0 Å². The van der Waals surface area contributed by atoms with Gasteiger partial charge in [-0.05, 0) is 17.7 Å². The topological polar surface area (TPSA) is 21.3 Å². The van der Waals surface area contributed by atoms with Gasteiger partial charge in [0.1, 0.15) is 12.4 Å². The van der Waals surface area contributed by atoms with Crippen LogP contribution in [0.4, 0.5) is 17.6 Å². The van der Waals surface area contributed by atoms with Crippen LogP contribution in [0.1, 0.15) is 5.56 Å². The second-order valence-corrected chi connectivity index (χ2v) is 3.91. The van der Waals surface area contributed by atoms with Gasteiger partial charge in [0.25, 0.3) is 0 Å². The van der Waals surface area contributed by atoms with Gasteiger partial charge in [0, 0.05) is 6.54 Å². The fourth-order valence-electron chi connectivity index (χ4n) is 1.31. The molecule has 0 atom stereocenters. The highest BCUT2D eigenvalue weighted by molar-refractivity contribution is 5.27. The standard InChI is InChI=1S/C13H15F4NO/c1-2-7-19-11-5-3-10(4-6-11)8-18-9-13(16,17)12(14)15/h2-6,12,18H,1,7-9H2. The molecule has 0 aliphatic heterocycles. The second kappa shape index (κ2) is 7.13. The molecule has 1 aromatic carbocycles. The summed E-state index contributed by atoms with van der Waals surface area (Å²) >= 11 is 0. The number of rotatable bonds is 8. The van der Waals surface area contributed by atoms with Crippen LogP contribution in [0.25, 0.3) is 0 Å². The summed E-state index contributed by atoms with van der Waals surface area (Å²) in [4.78, 5) is 0. The van der Waals surface area contributed by atoms with E-state index in [1.165, 1.54) is 0 Å². The van der Waals surface area contributed by atoms with E-state index >= 15 is 0 Å². The highest BCUT2D eigenvalue weighted by Gasteiger charge is 2.39. The highest BCUT2D eigenvalue weighted by atomic mass is 19.3. The highest BCUT2D eigenvalue weighted by Crippen LogP contribution is 2.21. The fraction of sp³-hybridized carbons (Fsp3) is 0.385. The number of halogens is 4. The van der Waals surface area contributed by atoms with E-state index in [4.69, 9.17) is 4.74 Å². The van der Waals surface area contributed by atoms with Crippen LogP contribution >= 0.6 is 0 Å². The number of hydrogen-bond acceptors (Lipinski definition) is 2. The van der Waals surface area contributed by atoms with Crippen LogP contribution < -0.4 is 10.1 Å². The first kappa shape index (κ1) is 15.5. The van der Waals surface area contributed by atoms with E-state index in [2.05, 4.69) is 11.9 Å². The van der Waals surface area contributed by atoms with Crippen LogP contribution in [-0.2, 0) is 6.54 Å². The summed E-state index contributed by atoms with van der Waals surface area (Å²) in [5.41, 5.74) is 0.705. The fourth-order valence-corrected chi connectivity index (χ4v) is 1.31. The smallest absolute Gasteiger partial charge is 0.319 e. The molecule has 0 unspecified atom stereocenters. The molecule has 0 bridgehead atoms. The summed E-state index contributed by atoms with van der Waals surface area (Å²) in [6.07, 6.45) is -2.06. The van der Waals surface area contributed by atoms with E-state index in [-0.39, 0.29) is 6.54 Å². The maximum absolute atomic E-state index is 12.6. The summed E-state index contributed by atoms with van der Waals surface area (Å²) in [5, 5.41) is 2.30. The Morgan fingerprint density at radius 3 is 2.42 bits per heavy atom. The van der Waals surface area contributed by atoms with Gasteiger partial charge in [-0.15, -0.1) is 0 Å². The van der Waals surface area contributed by atoms with E-state index in [1.807, 2.05) is 0 Å². The Kier molecular flexibility index (Phi) is 5.82. The molecule has 1 rings (SSSR count). The van der Waals surface area contributed by atoms with Gasteiger partial charge in [-0.1, -0.05) is 24.8 Å². The first-order valence-corrected chi connectivity index (χ1v) is 5.65. The average Bonchev–Trinajstić information content (AvgIpc) is 2.37. The number of ether oxygens (including phenoxy) is 1. The van der Waals surface area contributed by atoms with E-state index < -0.39 is 18.9 Å². The molecular weight excluding hydrogens is 262 g/mol. The minimum atomic E-state index is -4.01. The molecule has 19 heavy (non-hydrogen) atoms. The lowest BCUT2D eigenvalue weighted by molar-refractivity contribution is -0.125. The van der Waals surface area contributed by atoms with Gasteiger partial charge in [0.2, 0.25) is 0 Å². The van der Waals surface area contributed by atoms with Crippen molar-refractivity contribution in [3.8, 4) is 5.75 Å². The molecule has 1 aromatic rings. The lowest BCUT2D eigenvalue weighted by Crippen LogP contribution is -2.38. The molecule has 0 saturated carbocycles. The molecule has 0 heterocycles. The van der Waals surface area contributed by atoms with Crippen LogP contribution in [0.2, 0.25) is 0 Å². The zero-order valence-electron chi connectivity index (χ0n) is 10.2. The van der Waals surface area contributed by atoms with Crippen LogP contribution in [0, 0.1) is 0 Å². The number of benzene rings is 1. The molecule has 0 amide bonds. The van der Waals surface area contributed by atoms with Crippen molar-refractivity contribution in [1.82, 2.24) is 5.32 Å². The van der Waals surface area contributed by atoms with E-state index in [0.29, 0.717) is 17.9 Å². The molecule has 0 fully saturated rings. The van der Waals surface area contributed by atoms with Gasteiger partial charge in [-0.3, -0.25) is 0 Å². The summed E-state index contributed by atoms with van der Waals surface area (Å²) in [6.45, 7) is 2.91. The van der Waals surface area contributed by atoms with Gasteiger partial charge in [-0.2, -0.15) is 8.78 Å². The lowest BCUT2D eigenvalue weighted by Gasteiger charge is -2.15. The van der Waals surface area contributed by atoms with Crippen molar-refractivity contribution in [3.05, 3.63) is 42.5 Å². The van der Waals surface area contributed by atoms with Crippen LogP contribution in [0.15, 0.2) is 36.9 Å². The Balaban J connectivity index is 2.40. The monoisotopic (exact) mass is 277 g/mol. The largest absolute Gasteiger partial charge is 0.490 e. The van der Waals surface area contributed by atoms with Gasteiger partial charge < -0.3 is 10.1 Å². The Morgan fingerprint density at radius 2 is 1.89 bits per heavy atom. The molecule has 0 radical (unpaired) electrons. The van der Waals surface area contributed by atoms with Crippen molar-refractivity contribution in [2.24, 2.45) is 0 Å². The Morgan fingerprint density at radius 1 is 1.26 bits per heavy atom. The predicted molar refractivity (Wildman–Crippen MR) is 64.8 cm³/mol. The number of hydrogen-bond donors (Lipinski definition) is 1. The minimum Gasteiger partial charge on any atom is -0.490 e. The first-order valence-electron chi connectivity index (χ1n) is 5.65. The molecule has 0 aromatic heterocycles. The Labute approximate surface area is 109 Å². The van der Waals surface area contributed by atoms with Gasteiger partial charge >= 0.3 is 12.3 Å². The number of nitrogens with one attached hydrogen (secondary N) is 1. The molecule has 1 N–H and O–H groups in total. The van der Waals surface area contributed by atoms with E-state index in [9.17, 15) is 17.6 Å². The third kappa shape index (κ3) is 5.30. The van der Waals surface area contributed by atoms with Crippen molar-refractivity contribution >= 4 is 0 Å². The molecule has 106 valence electrons. The predicted octanol–water partition coefficient (Wildman–Crippen LogP) is 3.24. The van der Waals surface area contributed by atoms with Crippen LogP contribution in [-0.4, -0.2) is 25.5 Å². The summed E-state index contributed by atoms with van der Waals surface area (Å²) in [7, 11) is 0. The van der Waals surface area contributed by atoms with Crippen molar-refractivity contribution in [2.75, 3.05) is 13.2 Å². The normalized spacial score (nSPS) is 11.6. The van der Waals surface area contributed by atoms with Crippen molar-refractivity contribution in [2.45, 2.75) is 18.9 Å². The van der Waals surface area contributed by atoms with E-state index in [0.717, 1.165) is 0 Å². The second-order valence-electron chi connectivity index (χ2n) is 3.91. The summed E-state index contributed by atoms with van der Waals surface area (Å²) in [5.74, 6) is -3.38. The quantitative estimate of drug-likeness (QED) is 0.582. The maximum Gasteiger partial charge on any atom is 0.319 e. The average molecular weight is 277 g/mol. The van der Waals surface area contributed by atoms with Gasteiger partial charge in [0.15, 0.2) is 0 Å². The van der Waals surface area contributed by atoms with Crippen LogP contribution in [0.3, 0.4) is 0 Å². The molecule has 0 saturated heterocycles. The molecule has 0 aliphatic rings. The Hall–Kier alpha value is -1.56. The SMILES string of the molecule is C=CCOc1ccc(CNCC(F)(F)C(F)F)cc1. The van der Waals surface area contributed by atoms with Gasteiger partial charge in [-0.25, -0.2) is 8.78 Å². The van der Waals surface area contributed by atoms with E-state index in [1.54, 1.807) is 30.3 Å². The van der Waals surface area contributed by atoms with Crippen LogP contribution in [0.5, 0.6) is 5.75 Å². The third-order valence-electron chi connectivity index (χ3n) is 2.30. The maximum atomic E-state index is 12.6. The zero-order valence-corrected chi connectivity index (χ0v) is 10.2. The van der Waals surface area contributed by atoms with Crippen molar-refractivity contribution in [1.29, 1.82) is 0 Å². The number of alkyl halides is 4. The lowest BCUT2D eigenvalue weighted by atomic mass is 10.2. The zero-order chi connectivity index (χ0) is 14.3.